The normalized spacial score (nSPS) is 14.0. The number of carboxylic acid groups (broad SMARTS) is 2. The smallest absolute Gasteiger partial charge is 0.307 e. The van der Waals surface area contributed by atoms with E-state index >= 15 is 0 Å². The lowest BCUT2D eigenvalue weighted by atomic mass is 9.79. The van der Waals surface area contributed by atoms with E-state index in [0.29, 0.717) is 68.3 Å². The standard InChI is InChI=1S/C42H48N10O5/c1-3-7-34(41(53)54)36(40-47-51-52-48-40)24-31-22-28(12-16-33(31)30-8-5-4-6-9-30)20-26(2)21-37(42(55)56)35(39-45-49-50-46-39)23-29-13-17-38(44-25-29)57-32-14-10-27(11-15-32)18-19-43/h4-6,8-17,22,25-26,34-37H,3,7,18-21,23-24,43H2,1-2H3,(H,53,54)(H,55,56)(H,45,46,49,50)(H,47,48,51,52). The van der Waals surface area contributed by atoms with E-state index in [9.17, 15) is 19.8 Å². The largest absolute Gasteiger partial charge is 0.481 e. The van der Waals surface area contributed by atoms with Crippen LogP contribution in [-0.2, 0) is 35.3 Å². The van der Waals surface area contributed by atoms with Crippen LogP contribution in [0.5, 0.6) is 11.6 Å². The summed E-state index contributed by atoms with van der Waals surface area (Å²) in [5.74, 6) is -2.86. The summed E-state index contributed by atoms with van der Waals surface area (Å²) in [6.07, 6.45) is 5.22. The van der Waals surface area contributed by atoms with Gasteiger partial charge in [-0.05, 0) is 96.5 Å². The van der Waals surface area contributed by atoms with Gasteiger partial charge in [0.15, 0.2) is 11.6 Å². The molecule has 0 amide bonds. The van der Waals surface area contributed by atoms with Crippen LogP contribution in [0.3, 0.4) is 0 Å². The number of pyridine rings is 1. The van der Waals surface area contributed by atoms with Crippen molar-refractivity contribution in [1.82, 2.24) is 46.2 Å². The fraction of sp³-hybridized carbons (Fsp3) is 0.357. The van der Waals surface area contributed by atoms with Gasteiger partial charge in [0.05, 0.1) is 11.8 Å². The van der Waals surface area contributed by atoms with E-state index in [0.717, 1.165) is 39.8 Å². The third-order valence-corrected chi connectivity index (χ3v) is 10.4. The van der Waals surface area contributed by atoms with Crippen LogP contribution in [-0.4, -0.2) is 74.9 Å². The van der Waals surface area contributed by atoms with Crippen LogP contribution in [0.2, 0.25) is 0 Å². The highest BCUT2D eigenvalue weighted by Crippen LogP contribution is 2.36. The minimum atomic E-state index is -0.957. The Bertz CT molecular complexity index is 2150. The molecule has 0 aliphatic rings. The topological polar surface area (TPSA) is 232 Å². The zero-order chi connectivity index (χ0) is 40.1. The van der Waals surface area contributed by atoms with Crippen molar-refractivity contribution in [3.63, 3.8) is 0 Å². The number of hydrogen-bond acceptors (Lipinski definition) is 11. The second-order valence-electron chi connectivity index (χ2n) is 14.5. The molecule has 0 saturated heterocycles. The summed E-state index contributed by atoms with van der Waals surface area (Å²) in [5, 5.41) is 50.3. The van der Waals surface area contributed by atoms with E-state index in [1.165, 1.54) is 0 Å². The Hall–Kier alpha value is -6.35. The number of aliphatic carboxylic acids is 2. The molecule has 0 saturated carbocycles. The van der Waals surface area contributed by atoms with Gasteiger partial charge in [-0.25, -0.2) is 4.98 Å². The first-order valence-electron chi connectivity index (χ1n) is 19.2. The Morgan fingerprint density at radius 1 is 0.772 bits per heavy atom. The molecule has 0 radical (unpaired) electrons. The average Bonchev–Trinajstić information content (AvgIpc) is 3.96. The molecule has 0 spiro atoms. The number of benzene rings is 3. The summed E-state index contributed by atoms with van der Waals surface area (Å²) in [7, 11) is 0. The Labute approximate surface area is 330 Å². The molecule has 6 N–H and O–H groups in total. The second kappa shape index (κ2) is 19.5. The minimum Gasteiger partial charge on any atom is -0.481 e. The number of aromatic amines is 2. The van der Waals surface area contributed by atoms with Gasteiger partial charge in [-0.2, -0.15) is 10.4 Å². The van der Waals surface area contributed by atoms with Gasteiger partial charge in [-0.3, -0.25) is 9.59 Å². The molecule has 5 atom stereocenters. The summed E-state index contributed by atoms with van der Waals surface area (Å²) in [5.41, 5.74) is 11.5. The fourth-order valence-corrected chi connectivity index (χ4v) is 7.58. The van der Waals surface area contributed by atoms with E-state index in [1.54, 1.807) is 12.3 Å². The molecule has 57 heavy (non-hydrogen) atoms. The first-order chi connectivity index (χ1) is 27.7. The number of H-pyrrole nitrogens is 2. The number of nitrogens with two attached hydrogens (primary N) is 1. The van der Waals surface area contributed by atoms with Crippen LogP contribution in [0.1, 0.15) is 78.8 Å². The maximum atomic E-state index is 13.0. The van der Waals surface area contributed by atoms with Gasteiger partial charge in [0.25, 0.3) is 0 Å². The molecule has 3 aromatic carbocycles. The van der Waals surface area contributed by atoms with Gasteiger partial charge in [-0.15, -0.1) is 20.4 Å². The molecule has 0 aliphatic heterocycles. The number of nitrogens with zero attached hydrogens (tertiary/aromatic N) is 7. The van der Waals surface area contributed by atoms with Crippen LogP contribution in [0.25, 0.3) is 11.1 Å². The Morgan fingerprint density at radius 3 is 2.00 bits per heavy atom. The van der Waals surface area contributed by atoms with Crippen molar-refractivity contribution in [1.29, 1.82) is 0 Å². The Morgan fingerprint density at radius 2 is 1.42 bits per heavy atom. The molecule has 15 nitrogen and oxygen atoms in total. The van der Waals surface area contributed by atoms with Crippen molar-refractivity contribution in [2.24, 2.45) is 23.5 Å². The lowest BCUT2D eigenvalue weighted by molar-refractivity contribution is -0.144. The molecule has 0 fully saturated rings. The van der Waals surface area contributed by atoms with Gasteiger partial charge in [0.2, 0.25) is 5.88 Å². The number of carboxylic acids is 2. The minimum absolute atomic E-state index is 0.0686. The van der Waals surface area contributed by atoms with Gasteiger partial charge in [0.1, 0.15) is 5.75 Å². The number of tetrazole rings is 2. The quantitative estimate of drug-likeness (QED) is 0.0550. The average molecular weight is 773 g/mol. The highest BCUT2D eigenvalue weighted by Gasteiger charge is 2.35. The van der Waals surface area contributed by atoms with Crippen molar-refractivity contribution in [2.45, 2.75) is 70.6 Å². The van der Waals surface area contributed by atoms with Gasteiger partial charge in [-0.1, -0.05) is 97.4 Å². The van der Waals surface area contributed by atoms with Crippen LogP contribution in [0.15, 0.2) is 91.1 Å². The zero-order valence-corrected chi connectivity index (χ0v) is 32.0. The van der Waals surface area contributed by atoms with Crippen LogP contribution < -0.4 is 10.5 Å². The maximum absolute atomic E-state index is 13.0. The molecule has 0 aliphatic carbocycles. The van der Waals surface area contributed by atoms with E-state index in [4.69, 9.17) is 10.5 Å². The molecule has 5 unspecified atom stereocenters. The van der Waals surface area contributed by atoms with E-state index < -0.39 is 35.6 Å². The summed E-state index contributed by atoms with van der Waals surface area (Å²) in [6, 6.07) is 27.5. The Kier molecular flexibility index (Phi) is 13.8. The molecule has 296 valence electrons. The first kappa shape index (κ1) is 40.3. The fourth-order valence-electron chi connectivity index (χ4n) is 7.58. The summed E-state index contributed by atoms with van der Waals surface area (Å²) >= 11 is 0. The second-order valence-corrected chi connectivity index (χ2v) is 14.5. The predicted octanol–water partition coefficient (Wildman–Crippen LogP) is 6.19. The zero-order valence-electron chi connectivity index (χ0n) is 32.0. The number of nitrogens with one attached hydrogen (secondary N) is 2. The van der Waals surface area contributed by atoms with Crippen molar-refractivity contribution in [3.8, 4) is 22.8 Å². The van der Waals surface area contributed by atoms with Crippen LogP contribution in [0.4, 0.5) is 0 Å². The SMILES string of the molecule is CCCC(C(=O)O)C(Cc1cc(CC(C)CC(C(=O)O)C(Cc2ccc(Oc3ccc(CCN)cc3)nc2)c2nn[nH]n2)ccc1-c1ccccc1)c1nn[nH]n1. The number of rotatable bonds is 21. The molecular formula is C42H48N10O5. The third-order valence-electron chi connectivity index (χ3n) is 10.4. The number of ether oxygens (including phenoxy) is 1. The van der Waals surface area contributed by atoms with E-state index in [-0.39, 0.29) is 5.92 Å². The summed E-state index contributed by atoms with van der Waals surface area (Å²) in [4.78, 5) is 30.0. The van der Waals surface area contributed by atoms with Crippen molar-refractivity contribution >= 4 is 11.9 Å². The van der Waals surface area contributed by atoms with E-state index in [2.05, 4.69) is 64.4 Å². The molecule has 0 bridgehead atoms. The highest BCUT2D eigenvalue weighted by atomic mass is 16.5. The number of aromatic nitrogens is 9. The highest BCUT2D eigenvalue weighted by molar-refractivity contribution is 5.72. The molecular weight excluding hydrogens is 725 g/mol. The van der Waals surface area contributed by atoms with E-state index in [1.807, 2.05) is 74.5 Å². The number of hydrogen-bond donors (Lipinski definition) is 5. The maximum Gasteiger partial charge on any atom is 0.307 e. The molecule has 3 aromatic heterocycles. The Balaban J connectivity index is 1.21. The molecule has 6 rings (SSSR count). The van der Waals surface area contributed by atoms with Crippen molar-refractivity contribution < 1.29 is 24.5 Å². The van der Waals surface area contributed by atoms with Crippen LogP contribution >= 0.6 is 0 Å². The summed E-state index contributed by atoms with van der Waals surface area (Å²) < 4.78 is 5.94. The summed E-state index contributed by atoms with van der Waals surface area (Å²) in [6.45, 7) is 4.57. The predicted molar refractivity (Wildman–Crippen MR) is 211 cm³/mol. The lowest BCUT2D eigenvalue weighted by Crippen LogP contribution is -2.27. The van der Waals surface area contributed by atoms with Gasteiger partial charge < -0.3 is 20.7 Å². The number of carbonyl (C=O) groups is 2. The third kappa shape index (κ3) is 10.7. The molecule has 6 aromatic rings. The monoisotopic (exact) mass is 772 g/mol. The molecule has 3 heterocycles. The first-order valence-corrected chi connectivity index (χ1v) is 19.2. The van der Waals surface area contributed by atoms with Gasteiger partial charge in [0, 0.05) is 24.1 Å². The van der Waals surface area contributed by atoms with Gasteiger partial charge >= 0.3 is 11.9 Å². The molecule has 15 heteroatoms. The lowest BCUT2D eigenvalue weighted by Gasteiger charge is -2.25. The van der Waals surface area contributed by atoms with Crippen molar-refractivity contribution in [2.75, 3.05) is 6.54 Å². The van der Waals surface area contributed by atoms with Crippen LogP contribution in [0, 0.1) is 17.8 Å². The van der Waals surface area contributed by atoms with Crippen molar-refractivity contribution in [3.05, 3.63) is 125 Å².